The minimum absolute atomic E-state index is 0.439. The highest BCUT2D eigenvalue weighted by atomic mass is 32.3. The van der Waals surface area contributed by atoms with Crippen LogP contribution in [0.15, 0.2) is 0 Å². The van der Waals surface area contributed by atoms with Crippen LogP contribution >= 0.6 is 7.92 Å². The Hall–Kier alpha value is 0.300. The minimum Gasteiger partial charge on any atom is -0.264 e. The number of hydrogen-bond donors (Lipinski definition) is 2. The van der Waals surface area contributed by atoms with Gasteiger partial charge < -0.3 is 0 Å². The predicted molar refractivity (Wildman–Crippen MR) is 66.6 cm³/mol. The molecule has 0 spiro atoms. The monoisotopic (exact) mass is 258 g/mol. The zero-order valence-electron chi connectivity index (χ0n) is 9.81. The molecule has 2 N–H and O–H groups in total. The Balaban J connectivity index is 0. The largest absolute Gasteiger partial charge is 0.394 e. The van der Waals surface area contributed by atoms with Gasteiger partial charge in [0.05, 0.1) is 0 Å². The fraction of sp³-hybridized carbons (Fsp3) is 1.00. The van der Waals surface area contributed by atoms with Gasteiger partial charge in [-0.05, 0) is 18.5 Å². The molecule has 0 atom stereocenters. The molecule has 6 heteroatoms. The lowest BCUT2D eigenvalue weighted by molar-refractivity contribution is 0.381. The lowest BCUT2D eigenvalue weighted by atomic mass is 10.6. The molecule has 0 saturated carbocycles. The van der Waals surface area contributed by atoms with Crippen LogP contribution in [0.2, 0.25) is 0 Å². The van der Waals surface area contributed by atoms with E-state index in [2.05, 4.69) is 20.8 Å². The predicted octanol–water partition coefficient (Wildman–Crippen LogP) is 3.05. The molecular formula is C9H23O4PS. The van der Waals surface area contributed by atoms with Gasteiger partial charge in [0.15, 0.2) is 0 Å². The van der Waals surface area contributed by atoms with Gasteiger partial charge in [0.1, 0.15) is 0 Å². The van der Waals surface area contributed by atoms with Crippen molar-refractivity contribution in [3.05, 3.63) is 0 Å². The maximum absolute atomic E-state index is 8.74. The molecule has 0 rings (SSSR count). The molecular weight excluding hydrogens is 235 g/mol. The molecule has 4 nitrogen and oxygen atoms in total. The van der Waals surface area contributed by atoms with Crippen LogP contribution in [0.4, 0.5) is 0 Å². The summed E-state index contributed by atoms with van der Waals surface area (Å²) in [6.07, 6.45) is 8.72. The first kappa shape index (κ1) is 17.7. The van der Waals surface area contributed by atoms with Crippen molar-refractivity contribution in [2.24, 2.45) is 0 Å². The van der Waals surface area contributed by atoms with E-state index in [9.17, 15) is 0 Å². The highest BCUT2D eigenvalue weighted by Gasteiger charge is 2.02. The highest BCUT2D eigenvalue weighted by Crippen LogP contribution is 2.37. The van der Waals surface area contributed by atoms with Gasteiger partial charge in [-0.25, -0.2) is 0 Å². The van der Waals surface area contributed by atoms with Crippen LogP contribution in [0.25, 0.3) is 0 Å². The van der Waals surface area contributed by atoms with Gasteiger partial charge >= 0.3 is 10.4 Å². The summed E-state index contributed by atoms with van der Waals surface area (Å²) in [4.78, 5) is 0. The molecule has 94 valence electrons. The zero-order chi connectivity index (χ0) is 12.3. The van der Waals surface area contributed by atoms with Crippen LogP contribution in [-0.2, 0) is 10.4 Å². The second-order valence-corrected chi connectivity index (χ2v) is 6.87. The Kier molecular flexibility index (Phi) is 12.7. The third-order valence-corrected chi connectivity index (χ3v) is 4.86. The van der Waals surface area contributed by atoms with E-state index in [4.69, 9.17) is 17.5 Å². The molecule has 0 fully saturated rings. The first-order valence-corrected chi connectivity index (χ1v) is 8.56. The summed E-state index contributed by atoms with van der Waals surface area (Å²) >= 11 is 0. The highest BCUT2D eigenvalue weighted by molar-refractivity contribution is 7.79. The van der Waals surface area contributed by atoms with Crippen molar-refractivity contribution >= 4 is 18.3 Å². The summed E-state index contributed by atoms with van der Waals surface area (Å²) in [6, 6.07) is 0. The van der Waals surface area contributed by atoms with Crippen molar-refractivity contribution in [3.63, 3.8) is 0 Å². The standard InChI is InChI=1S/C9H21P.H2O4S/c1-4-7-10(8-5-2)9-6-3;1-5(2,3)4/h4-9H2,1-3H3;(H2,1,2,3,4). The molecule has 0 bridgehead atoms. The quantitative estimate of drug-likeness (QED) is 0.567. The summed E-state index contributed by atoms with van der Waals surface area (Å²) in [5, 5.41) is 0. The van der Waals surface area contributed by atoms with E-state index in [0.29, 0.717) is 7.92 Å². The molecule has 0 saturated heterocycles. The summed E-state index contributed by atoms with van der Waals surface area (Å²) < 4.78 is 31.6. The maximum atomic E-state index is 8.74. The molecule has 0 heterocycles. The van der Waals surface area contributed by atoms with Crippen molar-refractivity contribution in [1.29, 1.82) is 0 Å². The van der Waals surface area contributed by atoms with Gasteiger partial charge in [0.25, 0.3) is 0 Å². The van der Waals surface area contributed by atoms with E-state index >= 15 is 0 Å². The van der Waals surface area contributed by atoms with E-state index in [1.54, 1.807) is 0 Å². The molecule has 0 aliphatic heterocycles. The van der Waals surface area contributed by atoms with Crippen LogP contribution in [0.5, 0.6) is 0 Å². The van der Waals surface area contributed by atoms with E-state index in [0.717, 1.165) is 0 Å². The third-order valence-electron chi connectivity index (χ3n) is 1.62. The van der Waals surface area contributed by atoms with Gasteiger partial charge in [-0.3, -0.25) is 9.11 Å². The van der Waals surface area contributed by atoms with E-state index in [1.807, 2.05) is 0 Å². The van der Waals surface area contributed by atoms with Crippen molar-refractivity contribution in [3.8, 4) is 0 Å². The summed E-state index contributed by atoms with van der Waals surface area (Å²) in [7, 11) is -4.23. The molecule has 0 aromatic rings. The van der Waals surface area contributed by atoms with E-state index in [-0.39, 0.29) is 0 Å². The normalized spacial score (nSPS) is 11.1. The smallest absolute Gasteiger partial charge is 0.264 e. The van der Waals surface area contributed by atoms with Crippen molar-refractivity contribution in [2.75, 3.05) is 18.5 Å². The van der Waals surface area contributed by atoms with Crippen LogP contribution in [0.3, 0.4) is 0 Å². The molecule has 0 radical (unpaired) electrons. The van der Waals surface area contributed by atoms with Crippen LogP contribution in [0.1, 0.15) is 40.0 Å². The maximum Gasteiger partial charge on any atom is 0.394 e. The summed E-state index contributed by atoms with van der Waals surface area (Å²) in [6.45, 7) is 6.92. The van der Waals surface area contributed by atoms with Crippen LogP contribution in [0, 0.1) is 0 Å². The lowest BCUT2D eigenvalue weighted by Gasteiger charge is -2.13. The minimum atomic E-state index is -4.67. The third kappa shape index (κ3) is 25.0. The number of rotatable bonds is 6. The van der Waals surface area contributed by atoms with Crippen molar-refractivity contribution < 1.29 is 17.5 Å². The van der Waals surface area contributed by atoms with Gasteiger partial charge in [-0.1, -0.05) is 40.0 Å². The molecule has 0 amide bonds. The molecule has 0 aliphatic rings. The van der Waals surface area contributed by atoms with Crippen molar-refractivity contribution in [2.45, 2.75) is 40.0 Å². The average Bonchev–Trinajstić information content (AvgIpc) is 2.02. The Morgan fingerprint density at radius 3 is 1.20 bits per heavy atom. The molecule has 0 aromatic heterocycles. The zero-order valence-corrected chi connectivity index (χ0v) is 11.5. The Morgan fingerprint density at radius 1 is 0.867 bits per heavy atom. The first-order chi connectivity index (χ1) is 6.85. The molecule has 0 aliphatic carbocycles. The lowest BCUT2D eigenvalue weighted by Crippen LogP contribution is -1.92. The Bertz CT molecular complexity index is 194. The molecule has 0 unspecified atom stereocenters. The molecule has 15 heavy (non-hydrogen) atoms. The first-order valence-electron chi connectivity index (χ1n) is 5.27. The average molecular weight is 258 g/mol. The summed E-state index contributed by atoms with van der Waals surface area (Å²) in [5.74, 6) is 0. The van der Waals surface area contributed by atoms with Crippen LogP contribution in [-0.4, -0.2) is 36.0 Å². The van der Waals surface area contributed by atoms with Gasteiger partial charge in [-0.15, -0.1) is 7.92 Å². The van der Waals surface area contributed by atoms with Gasteiger partial charge in [0.2, 0.25) is 0 Å². The van der Waals surface area contributed by atoms with Crippen molar-refractivity contribution in [1.82, 2.24) is 0 Å². The Morgan fingerprint density at radius 2 is 1.07 bits per heavy atom. The summed E-state index contributed by atoms with van der Waals surface area (Å²) in [5.41, 5.74) is 0. The van der Waals surface area contributed by atoms with Gasteiger partial charge in [0, 0.05) is 0 Å². The fourth-order valence-corrected chi connectivity index (χ4v) is 3.85. The molecule has 0 aromatic carbocycles. The fourth-order valence-electron chi connectivity index (χ4n) is 1.28. The van der Waals surface area contributed by atoms with E-state index < -0.39 is 10.4 Å². The van der Waals surface area contributed by atoms with E-state index in [1.165, 1.54) is 37.7 Å². The Labute approximate surface area is 94.8 Å². The van der Waals surface area contributed by atoms with Crippen LogP contribution < -0.4 is 0 Å². The topological polar surface area (TPSA) is 74.6 Å². The number of hydrogen-bond acceptors (Lipinski definition) is 2. The second kappa shape index (κ2) is 10.8. The van der Waals surface area contributed by atoms with Gasteiger partial charge in [-0.2, -0.15) is 8.42 Å². The second-order valence-electron chi connectivity index (χ2n) is 3.29. The SMILES string of the molecule is CCCP(CCC)CCC.O=S(=O)(O)O.